The molecule has 0 radical (unpaired) electrons. The molecule has 0 saturated heterocycles. The topological polar surface area (TPSA) is 75.2 Å². The molecular weight excluding hydrogens is 452 g/mol. The largest absolute Gasteiger partial charge is 0.496 e. The van der Waals surface area contributed by atoms with Gasteiger partial charge in [0.05, 0.1) is 42.2 Å². The summed E-state index contributed by atoms with van der Waals surface area (Å²) in [7, 11) is 3.37. The number of pyridine rings is 1. The molecule has 0 aliphatic rings. The summed E-state index contributed by atoms with van der Waals surface area (Å²) in [5.41, 5.74) is 6.46. The number of halogens is 1. The van der Waals surface area contributed by atoms with Crippen molar-refractivity contribution in [3.63, 3.8) is 0 Å². The highest BCUT2D eigenvalue weighted by molar-refractivity contribution is 6.30. The van der Waals surface area contributed by atoms with Crippen molar-refractivity contribution in [3.05, 3.63) is 70.5 Å². The standard InChI is InChI=1S/C26H25ClN4O3/c1-15-25(16(2)34-30-15)20-11-21-19(12-23(20)33-4)26-22(13-28-21)29-24(9-10-32-3)31(26)14-17-5-7-18(27)8-6-17/h5-8,11-13H,9-10,14H2,1-4H3. The molecule has 0 amide bonds. The van der Waals surface area contributed by atoms with Gasteiger partial charge < -0.3 is 18.6 Å². The van der Waals surface area contributed by atoms with Crippen LogP contribution in [-0.2, 0) is 17.7 Å². The third-order valence-corrected chi connectivity index (χ3v) is 6.31. The van der Waals surface area contributed by atoms with Gasteiger partial charge in [-0.25, -0.2) is 4.98 Å². The van der Waals surface area contributed by atoms with E-state index < -0.39 is 0 Å². The molecule has 8 heteroatoms. The number of imidazole rings is 1. The Bertz CT molecular complexity index is 1470. The van der Waals surface area contributed by atoms with Gasteiger partial charge in [-0.05, 0) is 43.7 Å². The predicted molar refractivity (Wildman–Crippen MR) is 133 cm³/mol. The van der Waals surface area contributed by atoms with Crippen molar-refractivity contribution in [3.8, 4) is 16.9 Å². The number of hydrogen-bond acceptors (Lipinski definition) is 6. The summed E-state index contributed by atoms with van der Waals surface area (Å²) in [5.74, 6) is 2.41. The molecule has 5 rings (SSSR count). The maximum absolute atomic E-state index is 6.11. The first kappa shape index (κ1) is 22.4. The van der Waals surface area contributed by atoms with Crippen LogP contribution in [-0.4, -0.2) is 40.5 Å². The smallest absolute Gasteiger partial charge is 0.141 e. The lowest BCUT2D eigenvalue weighted by Crippen LogP contribution is -2.08. The number of hydrogen-bond donors (Lipinski definition) is 0. The van der Waals surface area contributed by atoms with Crippen LogP contribution in [0, 0.1) is 13.8 Å². The molecule has 0 bridgehead atoms. The second kappa shape index (κ2) is 9.08. The fourth-order valence-corrected chi connectivity index (χ4v) is 4.57. The number of rotatable bonds is 7. The Hall–Kier alpha value is -3.42. The molecule has 0 fully saturated rings. The molecule has 3 heterocycles. The van der Waals surface area contributed by atoms with Crippen molar-refractivity contribution in [2.75, 3.05) is 20.8 Å². The summed E-state index contributed by atoms with van der Waals surface area (Å²) >= 11 is 6.11. The Kier molecular flexibility index (Phi) is 5.98. The summed E-state index contributed by atoms with van der Waals surface area (Å²) in [4.78, 5) is 9.64. The van der Waals surface area contributed by atoms with Crippen LogP contribution in [0.1, 0.15) is 22.8 Å². The van der Waals surface area contributed by atoms with E-state index in [1.54, 1.807) is 14.2 Å². The Morgan fingerprint density at radius 2 is 1.85 bits per heavy atom. The number of ether oxygens (including phenoxy) is 2. The van der Waals surface area contributed by atoms with E-state index in [2.05, 4.69) is 9.72 Å². The van der Waals surface area contributed by atoms with Gasteiger partial charge in [0.15, 0.2) is 0 Å². The van der Waals surface area contributed by atoms with Crippen molar-refractivity contribution >= 4 is 33.5 Å². The van der Waals surface area contributed by atoms with E-state index in [-0.39, 0.29) is 0 Å². The second-order valence-corrected chi connectivity index (χ2v) is 8.68. The van der Waals surface area contributed by atoms with Crippen molar-refractivity contribution in [1.29, 1.82) is 0 Å². The van der Waals surface area contributed by atoms with E-state index in [0.29, 0.717) is 24.6 Å². The van der Waals surface area contributed by atoms with Crippen LogP contribution in [0.4, 0.5) is 0 Å². The van der Waals surface area contributed by atoms with E-state index in [4.69, 9.17) is 35.6 Å². The first-order chi connectivity index (χ1) is 16.5. The predicted octanol–water partition coefficient (Wildman–Crippen LogP) is 5.76. The molecule has 0 N–H and O–H groups in total. The van der Waals surface area contributed by atoms with E-state index in [0.717, 1.165) is 61.7 Å². The van der Waals surface area contributed by atoms with Gasteiger partial charge in [-0.2, -0.15) is 0 Å². The minimum absolute atomic E-state index is 0.578. The number of aryl methyl sites for hydroxylation is 2. The van der Waals surface area contributed by atoms with Gasteiger partial charge in [0, 0.05) is 36.0 Å². The molecule has 0 unspecified atom stereocenters. The maximum atomic E-state index is 6.11. The zero-order chi connectivity index (χ0) is 23.8. The first-order valence-electron chi connectivity index (χ1n) is 11.0. The number of aromatic nitrogens is 4. The highest BCUT2D eigenvalue weighted by Crippen LogP contribution is 2.39. The lowest BCUT2D eigenvalue weighted by Gasteiger charge is -2.13. The van der Waals surface area contributed by atoms with Crippen LogP contribution in [0.2, 0.25) is 5.02 Å². The third-order valence-electron chi connectivity index (χ3n) is 6.06. The lowest BCUT2D eigenvalue weighted by atomic mass is 10.0. The van der Waals surface area contributed by atoms with Gasteiger partial charge in [0.25, 0.3) is 0 Å². The van der Waals surface area contributed by atoms with Crippen molar-refractivity contribution in [2.45, 2.75) is 26.8 Å². The van der Waals surface area contributed by atoms with Crippen LogP contribution < -0.4 is 4.74 Å². The number of nitrogens with zero attached hydrogens (tertiary/aromatic N) is 4. The molecule has 0 aliphatic heterocycles. The van der Waals surface area contributed by atoms with Crippen molar-refractivity contribution in [2.24, 2.45) is 0 Å². The minimum atomic E-state index is 0.578. The Morgan fingerprint density at radius 1 is 1.06 bits per heavy atom. The first-order valence-corrected chi connectivity index (χ1v) is 11.4. The zero-order valence-electron chi connectivity index (χ0n) is 19.6. The molecule has 0 saturated carbocycles. The van der Waals surface area contributed by atoms with Crippen molar-refractivity contribution < 1.29 is 14.0 Å². The lowest BCUT2D eigenvalue weighted by molar-refractivity contribution is 0.200. The average Bonchev–Trinajstić information content (AvgIpc) is 3.37. The molecule has 0 atom stereocenters. The van der Waals surface area contributed by atoms with Gasteiger partial charge >= 0.3 is 0 Å². The molecular formula is C26H25ClN4O3. The molecule has 2 aromatic carbocycles. The quantitative estimate of drug-likeness (QED) is 0.297. The summed E-state index contributed by atoms with van der Waals surface area (Å²) in [6.07, 6.45) is 2.52. The van der Waals surface area contributed by atoms with Crippen LogP contribution in [0.15, 0.2) is 47.1 Å². The third kappa shape index (κ3) is 3.91. The van der Waals surface area contributed by atoms with Gasteiger partial charge in [0.2, 0.25) is 0 Å². The van der Waals surface area contributed by atoms with E-state index >= 15 is 0 Å². The number of benzene rings is 2. The maximum Gasteiger partial charge on any atom is 0.141 e. The van der Waals surface area contributed by atoms with Crippen LogP contribution >= 0.6 is 11.6 Å². The van der Waals surface area contributed by atoms with Crippen LogP contribution in [0.25, 0.3) is 33.1 Å². The number of methoxy groups -OCH3 is 2. The SMILES string of the molecule is COCCc1nc2cnc3cc(-c4c(C)noc4C)c(OC)cc3c2n1Cc1ccc(Cl)cc1. The van der Waals surface area contributed by atoms with E-state index in [1.165, 1.54) is 0 Å². The highest BCUT2D eigenvalue weighted by Gasteiger charge is 2.20. The normalized spacial score (nSPS) is 11.6. The van der Waals surface area contributed by atoms with Gasteiger partial charge in [0.1, 0.15) is 22.9 Å². The average molecular weight is 477 g/mol. The van der Waals surface area contributed by atoms with Gasteiger partial charge in [-0.15, -0.1) is 0 Å². The molecule has 0 aliphatic carbocycles. The fraction of sp³-hybridized carbons (Fsp3) is 0.269. The molecule has 5 aromatic rings. The number of fused-ring (bicyclic) bond motifs is 3. The molecule has 3 aromatic heterocycles. The van der Waals surface area contributed by atoms with Crippen molar-refractivity contribution in [1.82, 2.24) is 19.7 Å². The summed E-state index contributed by atoms with van der Waals surface area (Å²) in [5, 5.41) is 5.79. The fourth-order valence-electron chi connectivity index (χ4n) is 4.45. The monoisotopic (exact) mass is 476 g/mol. The molecule has 0 spiro atoms. The van der Waals surface area contributed by atoms with Crippen LogP contribution in [0.3, 0.4) is 0 Å². The Morgan fingerprint density at radius 3 is 2.53 bits per heavy atom. The van der Waals surface area contributed by atoms with Gasteiger partial charge in [-0.3, -0.25) is 4.98 Å². The Balaban J connectivity index is 1.75. The second-order valence-electron chi connectivity index (χ2n) is 8.24. The highest BCUT2D eigenvalue weighted by atomic mass is 35.5. The summed E-state index contributed by atoms with van der Waals surface area (Å²) < 4.78 is 18.8. The van der Waals surface area contributed by atoms with E-state index in [9.17, 15) is 0 Å². The van der Waals surface area contributed by atoms with Gasteiger partial charge in [-0.1, -0.05) is 28.9 Å². The summed E-state index contributed by atoms with van der Waals surface area (Å²) in [6, 6.07) is 12.0. The minimum Gasteiger partial charge on any atom is -0.496 e. The molecule has 7 nitrogen and oxygen atoms in total. The Labute approximate surface area is 202 Å². The molecule has 34 heavy (non-hydrogen) atoms. The van der Waals surface area contributed by atoms with Crippen LogP contribution in [0.5, 0.6) is 5.75 Å². The van der Waals surface area contributed by atoms with E-state index in [1.807, 2.05) is 56.4 Å². The zero-order valence-corrected chi connectivity index (χ0v) is 20.3. The molecule has 174 valence electrons. The summed E-state index contributed by atoms with van der Waals surface area (Å²) in [6.45, 7) is 5.06.